The van der Waals surface area contributed by atoms with Gasteiger partial charge in [-0.1, -0.05) is 6.07 Å². The number of carbonyl (C=O) groups is 1. The van der Waals surface area contributed by atoms with Crippen molar-refractivity contribution in [2.75, 3.05) is 35.2 Å². The van der Waals surface area contributed by atoms with E-state index in [1.807, 2.05) is 0 Å². The number of rotatable bonds is 6. The highest BCUT2D eigenvalue weighted by Crippen LogP contribution is 2.22. The molecule has 1 heterocycles. The molecule has 2 aromatic carbocycles. The highest BCUT2D eigenvalue weighted by molar-refractivity contribution is 5.91. The maximum Gasteiger partial charge on any atom is 0.226 e. The molecule has 1 aliphatic rings. The smallest absolute Gasteiger partial charge is 0.226 e. The quantitative estimate of drug-likeness (QED) is 0.847. The van der Waals surface area contributed by atoms with Crippen LogP contribution in [0.25, 0.3) is 0 Å². The molecular formula is C20H22N4O. The van der Waals surface area contributed by atoms with Gasteiger partial charge in [0.1, 0.15) is 0 Å². The summed E-state index contributed by atoms with van der Waals surface area (Å²) in [5.41, 5.74) is 3.47. The number of nitrogens with zero attached hydrogens (tertiary/aromatic N) is 2. The zero-order valence-corrected chi connectivity index (χ0v) is 14.2. The molecule has 2 N–H and O–H groups in total. The van der Waals surface area contributed by atoms with Crippen LogP contribution in [-0.4, -0.2) is 25.5 Å². The Balaban J connectivity index is 1.44. The Morgan fingerprint density at radius 2 is 1.84 bits per heavy atom. The zero-order chi connectivity index (χ0) is 17.5. The van der Waals surface area contributed by atoms with Crippen molar-refractivity contribution in [2.24, 2.45) is 0 Å². The van der Waals surface area contributed by atoms with Crippen LogP contribution < -0.4 is 15.5 Å². The molecule has 1 aliphatic heterocycles. The minimum absolute atomic E-state index is 0.0729. The van der Waals surface area contributed by atoms with E-state index in [-0.39, 0.29) is 5.91 Å². The Hall–Kier alpha value is -3.00. The van der Waals surface area contributed by atoms with E-state index in [1.165, 1.54) is 18.5 Å². The van der Waals surface area contributed by atoms with Crippen molar-refractivity contribution in [2.45, 2.75) is 19.3 Å². The normalized spacial score (nSPS) is 13.3. The molecule has 1 saturated heterocycles. The predicted octanol–water partition coefficient (Wildman–Crippen LogP) is 3.60. The Bertz CT molecular complexity index is 758. The molecule has 1 fully saturated rings. The van der Waals surface area contributed by atoms with E-state index in [1.54, 1.807) is 24.3 Å². The van der Waals surface area contributed by atoms with E-state index >= 15 is 0 Å². The topological polar surface area (TPSA) is 68.2 Å². The summed E-state index contributed by atoms with van der Waals surface area (Å²) in [7, 11) is 0. The van der Waals surface area contributed by atoms with Gasteiger partial charge in [-0.3, -0.25) is 4.79 Å². The van der Waals surface area contributed by atoms with Crippen LogP contribution in [0.15, 0.2) is 48.5 Å². The Morgan fingerprint density at radius 3 is 2.56 bits per heavy atom. The molecule has 0 aromatic heterocycles. The fourth-order valence-electron chi connectivity index (χ4n) is 2.98. The number of hydrogen-bond acceptors (Lipinski definition) is 4. The number of benzene rings is 2. The Morgan fingerprint density at radius 1 is 1.08 bits per heavy atom. The number of nitriles is 1. The summed E-state index contributed by atoms with van der Waals surface area (Å²) in [6, 6.07) is 17.3. The second kappa shape index (κ2) is 8.20. The molecule has 0 bridgehead atoms. The van der Waals surface area contributed by atoms with Crippen LogP contribution in [0.5, 0.6) is 0 Å². The molecule has 0 aliphatic carbocycles. The van der Waals surface area contributed by atoms with Crippen molar-refractivity contribution in [1.29, 1.82) is 5.26 Å². The average molecular weight is 334 g/mol. The van der Waals surface area contributed by atoms with E-state index in [9.17, 15) is 4.79 Å². The summed E-state index contributed by atoms with van der Waals surface area (Å²) in [5, 5.41) is 15.0. The molecule has 1 amide bonds. The molecule has 0 saturated carbocycles. The maximum atomic E-state index is 12.0. The van der Waals surface area contributed by atoms with Crippen LogP contribution in [0.1, 0.15) is 24.8 Å². The molecule has 3 rings (SSSR count). The lowest BCUT2D eigenvalue weighted by Gasteiger charge is -2.18. The van der Waals surface area contributed by atoms with E-state index < -0.39 is 0 Å². The van der Waals surface area contributed by atoms with Crippen LogP contribution in [0, 0.1) is 11.3 Å². The molecule has 2 aromatic rings. The lowest BCUT2D eigenvalue weighted by atomic mass is 10.2. The number of anilines is 3. The molecular weight excluding hydrogens is 312 g/mol. The number of carbonyl (C=O) groups excluding carboxylic acids is 1. The largest absolute Gasteiger partial charge is 0.385 e. The van der Waals surface area contributed by atoms with Gasteiger partial charge in [-0.05, 0) is 55.3 Å². The first-order chi connectivity index (χ1) is 12.2. The Labute approximate surface area is 148 Å². The van der Waals surface area contributed by atoms with E-state index in [2.05, 4.69) is 45.9 Å². The third-order valence-electron chi connectivity index (χ3n) is 4.30. The third kappa shape index (κ3) is 4.74. The lowest BCUT2D eigenvalue weighted by molar-refractivity contribution is -0.115. The molecule has 0 radical (unpaired) electrons. The monoisotopic (exact) mass is 334 g/mol. The fourth-order valence-corrected chi connectivity index (χ4v) is 2.98. The van der Waals surface area contributed by atoms with Gasteiger partial charge in [0.25, 0.3) is 0 Å². The van der Waals surface area contributed by atoms with E-state index in [0.29, 0.717) is 24.2 Å². The van der Waals surface area contributed by atoms with Gasteiger partial charge in [0.2, 0.25) is 5.91 Å². The van der Waals surface area contributed by atoms with Crippen molar-refractivity contribution >= 4 is 23.0 Å². The third-order valence-corrected chi connectivity index (χ3v) is 4.30. The lowest BCUT2D eigenvalue weighted by Crippen LogP contribution is -2.17. The SMILES string of the molecule is N#Cc1cccc(NC(=O)CCNc2ccc(N3CCCC3)cc2)c1. The van der Waals surface area contributed by atoms with Gasteiger partial charge < -0.3 is 15.5 Å². The van der Waals surface area contributed by atoms with Gasteiger partial charge >= 0.3 is 0 Å². The summed E-state index contributed by atoms with van der Waals surface area (Å²) in [6.07, 6.45) is 2.91. The number of hydrogen-bond donors (Lipinski definition) is 2. The maximum absolute atomic E-state index is 12.0. The molecule has 5 heteroatoms. The van der Waals surface area contributed by atoms with Crippen molar-refractivity contribution in [1.82, 2.24) is 0 Å². The summed E-state index contributed by atoms with van der Waals surface area (Å²) in [4.78, 5) is 14.4. The van der Waals surface area contributed by atoms with Crippen LogP contribution in [-0.2, 0) is 4.79 Å². The van der Waals surface area contributed by atoms with Crippen molar-refractivity contribution in [3.63, 3.8) is 0 Å². The summed E-state index contributed by atoms with van der Waals surface area (Å²) in [6.45, 7) is 2.84. The minimum atomic E-state index is -0.0729. The molecule has 5 nitrogen and oxygen atoms in total. The van der Waals surface area contributed by atoms with Gasteiger partial charge in [0.05, 0.1) is 11.6 Å². The van der Waals surface area contributed by atoms with Gasteiger partial charge in [0.15, 0.2) is 0 Å². The first-order valence-corrected chi connectivity index (χ1v) is 8.63. The molecule has 25 heavy (non-hydrogen) atoms. The highest BCUT2D eigenvalue weighted by Gasteiger charge is 2.11. The van der Waals surface area contributed by atoms with Gasteiger partial charge in [-0.25, -0.2) is 0 Å². The van der Waals surface area contributed by atoms with Crippen LogP contribution in [0.4, 0.5) is 17.1 Å². The van der Waals surface area contributed by atoms with Crippen molar-refractivity contribution in [3.8, 4) is 6.07 Å². The van der Waals surface area contributed by atoms with Gasteiger partial charge in [0, 0.05) is 43.1 Å². The molecule has 128 valence electrons. The Kier molecular flexibility index (Phi) is 5.53. The average Bonchev–Trinajstić information content (AvgIpc) is 3.17. The molecule has 0 atom stereocenters. The van der Waals surface area contributed by atoms with E-state index in [0.717, 1.165) is 18.8 Å². The zero-order valence-electron chi connectivity index (χ0n) is 14.2. The van der Waals surface area contributed by atoms with Crippen molar-refractivity contribution in [3.05, 3.63) is 54.1 Å². The van der Waals surface area contributed by atoms with Crippen molar-refractivity contribution < 1.29 is 4.79 Å². The number of nitrogens with one attached hydrogen (secondary N) is 2. The minimum Gasteiger partial charge on any atom is -0.385 e. The predicted molar refractivity (Wildman–Crippen MR) is 101 cm³/mol. The van der Waals surface area contributed by atoms with Crippen LogP contribution in [0.2, 0.25) is 0 Å². The second-order valence-corrected chi connectivity index (χ2v) is 6.16. The van der Waals surface area contributed by atoms with Gasteiger partial charge in [-0.2, -0.15) is 5.26 Å². The second-order valence-electron chi connectivity index (χ2n) is 6.16. The fraction of sp³-hybridized carbons (Fsp3) is 0.300. The summed E-state index contributed by atoms with van der Waals surface area (Å²) >= 11 is 0. The van der Waals surface area contributed by atoms with E-state index in [4.69, 9.17) is 5.26 Å². The first-order valence-electron chi connectivity index (χ1n) is 8.63. The summed E-state index contributed by atoms with van der Waals surface area (Å²) < 4.78 is 0. The van der Waals surface area contributed by atoms with Gasteiger partial charge in [-0.15, -0.1) is 0 Å². The highest BCUT2D eigenvalue weighted by atomic mass is 16.1. The standard InChI is InChI=1S/C20H22N4O/c21-15-16-4-3-5-18(14-16)23-20(25)10-11-22-17-6-8-19(9-7-17)24-12-1-2-13-24/h3-9,14,22H,1-2,10-13H2,(H,23,25). The first kappa shape index (κ1) is 16.8. The number of amides is 1. The molecule has 0 spiro atoms. The molecule has 0 unspecified atom stereocenters. The van der Waals surface area contributed by atoms with Crippen LogP contribution in [0.3, 0.4) is 0 Å². The van der Waals surface area contributed by atoms with Crippen LogP contribution >= 0.6 is 0 Å². The summed E-state index contributed by atoms with van der Waals surface area (Å²) in [5.74, 6) is -0.0729.